The van der Waals surface area contributed by atoms with Crippen molar-refractivity contribution >= 4 is 23.0 Å². The first-order valence-corrected chi connectivity index (χ1v) is 8.68. The summed E-state index contributed by atoms with van der Waals surface area (Å²) in [7, 11) is 0. The van der Waals surface area contributed by atoms with Crippen molar-refractivity contribution in [3.63, 3.8) is 0 Å². The van der Waals surface area contributed by atoms with Crippen molar-refractivity contribution in [1.29, 1.82) is 10.5 Å². The molecule has 5 heteroatoms. The molecule has 1 aliphatic carbocycles. The molecule has 0 saturated heterocycles. The van der Waals surface area contributed by atoms with Crippen LogP contribution >= 0.6 is 0 Å². The van der Waals surface area contributed by atoms with E-state index < -0.39 is 0 Å². The van der Waals surface area contributed by atoms with Gasteiger partial charge >= 0.3 is 0 Å². The fraction of sp³-hybridized carbons (Fsp3) is 0.227. The molecular weight excluding hydrogens is 336 g/mol. The SMILES string of the molecule is CC1=C(C#N)c2nc(N)c(C#N)c(C)c2/C1=C\c1ccc(OC(C)C)cc1. The standard InChI is InChI=1S/C22H20N4O/c1-12(2)27-16-7-5-15(6-8-16)9-17-13(3)18(10-23)21-20(17)14(4)19(11-24)22(25)26-21/h5-9,12H,1-4H3,(H2,25,26)/b17-9-. The van der Waals surface area contributed by atoms with E-state index in [1.54, 1.807) is 0 Å². The maximum Gasteiger partial charge on any atom is 0.142 e. The first-order valence-electron chi connectivity index (χ1n) is 8.68. The van der Waals surface area contributed by atoms with Gasteiger partial charge in [0.25, 0.3) is 0 Å². The number of benzene rings is 1. The van der Waals surface area contributed by atoms with Crippen LogP contribution in [0.25, 0.3) is 17.2 Å². The Morgan fingerprint density at radius 3 is 2.33 bits per heavy atom. The molecule has 0 aliphatic heterocycles. The first-order chi connectivity index (χ1) is 12.9. The number of nitriles is 2. The van der Waals surface area contributed by atoms with Gasteiger partial charge in [-0.2, -0.15) is 10.5 Å². The third-order valence-corrected chi connectivity index (χ3v) is 4.55. The summed E-state index contributed by atoms with van der Waals surface area (Å²) in [6, 6.07) is 12.1. The van der Waals surface area contributed by atoms with Gasteiger partial charge in [-0.25, -0.2) is 4.98 Å². The molecule has 0 radical (unpaired) electrons. The molecule has 1 aromatic heterocycles. The number of hydrogen-bond acceptors (Lipinski definition) is 5. The van der Waals surface area contributed by atoms with Gasteiger partial charge < -0.3 is 10.5 Å². The quantitative estimate of drug-likeness (QED) is 0.874. The number of fused-ring (bicyclic) bond motifs is 1. The number of aromatic nitrogens is 1. The molecule has 0 fully saturated rings. The Labute approximate surface area is 159 Å². The highest BCUT2D eigenvalue weighted by Gasteiger charge is 2.29. The van der Waals surface area contributed by atoms with Crippen molar-refractivity contribution in [1.82, 2.24) is 4.98 Å². The lowest BCUT2D eigenvalue weighted by molar-refractivity contribution is 0.242. The summed E-state index contributed by atoms with van der Waals surface area (Å²) < 4.78 is 5.68. The Morgan fingerprint density at radius 1 is 1.11 bits per heavy atom. The second kappa shape index (κ2) is 6.97. The van der Waals surface area contributed by atoms with E-state index in [2.05, 4.69) is 17.1 Å². The predicted molar refractivity (Wildman–Crippen MR) is 106 cm³/mol. The van der Waals surface area contributed by atoms with Crippen molar-refractivity contribution in [3.8, 4) is 17.9 Å². The highest BCUT2D eigenvalue weighted by atomic mass is 16.5. The predicted octanol–water partition coefficient (Wildman–Crippen LogP) is 4.48. The van der Waals surface area contributed by atoms with E-state index in [0.29, 0.717) is 16.8 Å². The van der Waals surface area contributed by atoms with E-state index >= 15 is 0 Å². The Hall–Kier alpha value is -3.57. The fourth-order valence-electron chi connectivity index (χ4n) is 3.28. The van der Waals surface area contributed by atoms with Gasteiger partial charge in [0.05, 0.1) is 22.9 Å². The average molecular weight is 356 g/mol. The van der Waals surface area contributed by atoms with Crippen molar-refractivity contribution in [3.05, 3.63) is 57.8 Å². The third kappa shape index (κ3) is 3.16. The van der Waals surface area contributed by atoms with Crippen molar-refractivity contribution in [2.75, 3.05) is 5.73 Å². The van der Waals surface area contributed by atoms with Crippen LogP contribution in [0, 0.1) is 29.6 Å². The molecule has 1 aliphatic rings. The summed E-state index contributed by atoms with van der Waals surface area (Å²) in [5.74, 6) is 0.965. The summed E-state index contributed by atoms with van der Waals surface area (Å²) in [4.78, 5) is 4.34. The van der Waals surface area contributed by atoms with Gasteiger partial charge in [0, 0.05) is 5.56 Å². The van der Waals surface area contributed by atoms with E-state index in [4.69, 9.17) is 10.5 Å². The summed E-state index contributed by atoms with van der Waals surface area (Å²) in [6.45, 7) is 7.70. The molecule has 0 amide bonds. The molecule has 1 aromatic carbocycles. The lowest BCUT2D eigenvalue weighted by Gasteiger charge is -2.11. The van der Waals surface area contributed by atoms with E-state index in [0.717, 1.165) is 33.6 Å². The van der Waals surface area contributed by atoms with E-state index in [1.165, 1.54) is 0 Å². The number of rotatable bonds is 3. The van der Waals surface area contributed by atoms with Crippen LogP contribution in [0.2, 0.25) is 0 Å². The van der Waals surface area contributed by atoms with E-state index in [1.807, 2.05) is 58.0 Å². The van der Waals surface area contributed by atoms with E-state index in [9.17, 15) is 10.5 Å². The molecule has 3 rings (SSSR count). The number of anilines is 1. The Balaban J connectivity index is 2.15. The van der Waals surface area contributed by atoms with Crippen LogP contribution in [0.15, 0.2) is 29.8 Å². The van der Waals surface area contributed by atoms with Gasteiger partial charge in [-0.1, -0.05) is 12.1 Å². The minimum atomic E-state index is 0.114. The second-order valence-corrected chi connectivity index (χ2v) is 6.74. The molecule has 2 aromatic rings. The Kier molecular flexibility index (Phi) is 4.71. The Bertz CT molecular complexity index is 1060. The highest BCUT2D eigenvalue weighted by molar-refractivity contribution is 6.08. The van der Waals surface area contributed by atoms with Gasteiger partial charge in [-0.05, 0) is 68.2 Å². The summed E-state index contributed by atoms with van der Waals surface area (Å²) in [6.07, 6.45) is 2.12. The Morgan fingerprint density at radius 2 is 1.78 bits per heavy atom. The van der Waals surface area contributed by atoms with Crippen molar-refractivity contribution in [2.24, 2.45) is 0 Å². The number of nitrogen functional groups attached to an aromatic ring is 1. The topological polar surface area (TPSA) is 95.7 Å². The molecule has 0 unspecified atom stereocenters. The molecule has 0 spiro atoms. The average Bonchev–Trinajstić information content (AvgIpc) is 2.87. The molecule has 0 saturated carbocycles. The molecule has 1 heterocycles. The smallest absolute Gasteiger partial charge is 0.142 e. The molecule has 134 valence electrons. The summed E-state index contributed by atoms with van der Waals surface area (Å²) >= 11 is 0. The number of ether oxygens (including phenoxy) is 1. The first kappa shape index (κ1) is 18.2. The normalized spacial score (nSPS) is 14.3. The van der Waals surface area contributed by atoms with Gasteiger partial charge in [0.1, 0.15) is 23.7 Å². The lowest BCUT2D eigenvalue weighted by Crippen LogP contribution is -2.05. The summed E-state index contributed by atoms with van der Waals surface area (Å²) in [5.41, 5.74) is 11.6. The van der Waals surface area contributed by atoms with Gasteiger partial charge in [0.15, 0.2) is 0 Å². The van der Waals surface area contributed by atoms with Crippen LogP contribution in [-0.4, -0.2) is 11.1 Å². The zero-order valence-corrected chi connectivity index (χ0v) is 15.8. The number of nitrogens with zero attached hydrogens (tertiary/aromatic N) is 3. The van der Waals surface area contributed by atoms with Crippen LogP contribution in [-0.2, 0) is 0 Å². The molecule has 27 heavy (non-hydrogen) atoms. The van der Waals surface area contributed by atoms with Gasteiger partial charge in [0.2, 0.25) is 0 Å². The molecule has 0 bridgehead atoms. The number of allylic oxidation sites excluding steroid dienone is 3. The van der Waals surface area contributed by atoms with Gasteiger partial charge in [-0.15, -0.1) is 0 Å². The highest BCUT2D eigenvalue weighted by Crippen LogP contribution is 2.44. The molecule has 5 nitrogen and oxygen atoms in total. The monoisotopic (exact) mass is 356 g/mol. The minimum Gasteiger partial charge on any atom is -0.491 e. The fourth-order valence-corrected chi connectivity index (χ4v) is 3.28. The number of hydrogen-bond donors (Lipinski definition) is 1. The maximum absolute atomic E-state index is 9.60. The second-order valence-electron chi connectivity index (χ2n) is 6.74. The third-order valence-electron chi connectivity index (χ3n) is 4.55. The van der Waals surface area contributed by atoms with Crippen LogP contribution in [0.5, 0.6) is 5.75 Å². The van der Waals surface area contributed by atoms with E-state index in [-0.39, 0.29) is 11.9 Å². The van der Waals surface area contributed by atoms with Crippen LogP contribution in [0.4, 0.5) is 5.82 Å². The molecule has 2 N–H and O–H groups in total. The largest absolute Gasteiger partial charge is 0.491 e. The minimum absolute atomic E-state index is 0.114. The molecule has 0 atom stereocenters. The van der Waals surface area contributed by atoms with Crippen LogP contribution < -0.4 is 10.5 Å². The zero-order chi connectivity index (χ0) is 19.7. The zero-order valence-electron chi connectivity index (χ0n) is 15.8. The van der Waals surface area contributed by atoms with Crippen LogP contribution in [0.1, 0.15) is 48.7 Å². The summed E-state index contributed by atoms with van der Waals surface area (Å²) in [5, 5.41) is 19.0. The number of nitrogens with two attached hydrogens (primary N) is 1. The molecular formula is C22H20N4O. The maximum atomic E-state index is 9.60. The number of pyridine rings is 1. The van der Waals surface area contributed by atoms with Crippen molar-refractivity contribution < 1.29 is 4.74 Å². The van der Waals surface area contributed by atoms with Gasteiger partial charge in [-0.3, -0.25) is 0 Å². The van der Waals surface area contributed by atoms with Crippen molar-refractivity contribution in [2.45, 2.75) is 33.8 Å². The van der Waals surface area contributed by atoms with Crippen LogP contribution in [0.3, 0.4) is 0 Å². The lowest BCUT2D eigenvalue weighted by atomic mass is 9.95.